The Hall–Kier alpha value is -2.89. The number of halogens is 2. The molecule has 0 atom stereocenters. The molecule has 0 radical (unpaired) electrons. The maximum absolute atomic E-state index is 12.9. The Bertz CT molecular complexity index is 1350. The predicted molar refractivity (Wildman–Crippen MR) is 161 cm³/mol. The number of sulfonamides is 1. The molecular weight excluding hydrogens is 652 g/mol. The fourth-order valence-electron chi connectivity index (χ4n) is 3.52. The Morgan fingerprint density at radius 2 is 1.44 bits per heavy atom. The van der Waals surface area contributed by atoms with Crippen LogP contribution in [0, 0.1) is 6.92 Å². The highest BCUT2D eigenvalue weighted by Crippen LogP contribution is 2.27. The summed E-state index contributed by atoms with van der Waals surface area (Å²) < 4.78 is 33.3. The number of hydrogen-bond donors (Lipinski definition) is 1. The number of benzene rings is 3. The first-order valence-corrected chi connectivity index (χ1v) is 15.1. The third-order valence-corrected chi connectivity index (χ3v) is 8.43. The number of carbonyl (C=O) groups is 2. The molecule has 0 saturated carbocycles. The van der Waals surface area contributed by atoms with Crippen molar-refractivity contribution in [3.05, 3.63) is 87.3 Å². The third kappa shape index (κ3) is 10.3. The van der Waals surface area contributed by atoms with Crippen LogP contribution in [0.4, 0.5) is 11.4 Å². The summed E-state index contributed by atoms with van der Waals surface area (Å²) in [6.07, 6.45) is 0.133. The molecule has 8 nitrogen and oxygen atoms in total. The summed E-state index contributed by atoms with van der Waals surface area (Å²) in [6, 6.07) is 21.3. The maximum Gasteiger partial charge on any atom is 0.307 e. The van der Waals surface area contributed by atoms with Gasteiger partial charge in [0.2, 0.25) is 0 Å². The van der Waals surface area contributed by atoms with Crippen molar-refractivity contribution in [3.63, 3.8) is 0 Å². The van der Waals surface area contributed by atoms with Crippen molar-refractivity contribution >= 4 is 65.2 Å². The highest BCUT2D eigenvalue weighted by molar-refractivity contribution is 9.10. The number of ether oxygens (including phenoxy) is 1. The molecule has 210 valence electrons. The van der Waals surface area contributed by atoms with E-state index in [0.29, 0.717) is 18.7 Å². The van der Waals surface area contributed by atoms with Crippen molar-refractivity contribution in [2.75, 3.05) is 35.9 Å². The van der Waals surface area contributed by atoms with Crippen LogP contribution in [-0.4, -0.2) is 52.2 Å². The maximum atomic E-state index is 12.9. The molecule has 3 rings (SSSR count). The molecule has 0 aromatic heterocycles. The second-order valence-corrected chi connectivity index (χ2v) is 12.1. The van der Waals surface area contributed by atoms with Crippen LogP contribution in [0.1, 0.15) is 25.3 Å². The van der Waals surface area contributed by atoms with Gasteiger partial charge in [-0.1, -0.05) is 61.7 Å². The fourth-order valence-corrected chi connectivity index (χ4v) is 5.76. The van der Waals surface area contributed by atoms with E-state index >= 15 is 0 Å². The van der Waals surface area contributed by atoms with Crippen molar-refractivity contribution in [2.45, 2.75) is 31.6 Å². The fraction of sp³-hybridized carbons (Fsp3) is 0.286. The zero-order chi connectivity index (χ0) is 29.0. The molecule has 3 aromatic carbocycles. The molecule has 0 spiro atoms. The van der Waals surface area contributed by atoms with Crippen molar-refractivity contribution in [1.29, 1.82) is 0 Å². The minimum absolute atomic E-state index is 0.133. The Morgan fingerprint density at radius 3 is 1.95 bits per heavy atom. The molecule has 39 heavy (non-hydrogen) atoms. The van der Waals surface area contributed by atoms with Crippen LogP contribution < -0.4 is 9.21 Å². The second-order valence-electron chi connectivity index (χ2n) is 8.40. The number of carbonyl (C=O) groups excluding carboxylic acids is 1. The van der Waals surface area contributed by atoms with Gasteiger partial charge in [0.25, 0.3) is 10.0 Å². The molecular formula is C28H32Br2N2O6S. The standard InChI is InChI=1S/C16H16BrNO4S.C12H16BrNO2/c1-12-5-7-15(8-6-12)23(21,22)18(10-9-16(19)20)14-4-2-3-13(17)11-14;1-3-14(8-7-12(15)16-2)11-6-4-5-10(13)9-11/h2-8,11H,9-10H2,1H3,(H,19,20);4-6,9H,3,7-8H2,1-2H3. The lowest BCUT2D eigenvalue weighted by Crippen LogP contribution is -2.33. The van der Waals surface area contributed by atoms with Gasteiger partial charge in [-0.25, -0.2) is 8.42 Å². The molecule has 0 amide bonds. The number of aliphatic carboxylic acids is 1. The minimum atomic E-state index is -3.83. The molecule has 3 aromatic rings. The average Bonchev–Trinajstić information content (AvgIpc) is 2.89. The third-order valence-electron chi connectivity index (χ3n) is 5.60. The van der Waals surface area contributed by atoms with E-state index in [9.17, 15) is 18.0 Å². The Kier molecular flexibility index (Phi) is 13.0. The molecule has 11 heteroatoms. The number of methoxy groups -OCH3 is 1. The van der Waals surface area contributed by atoms with Crippen LogP contribution in [0.2, 0.25) is 0 Å². The van der Waals surface area contributed by atoms with Gasteiger partial charge < -0.3 is 14.7 Å². The van der Waals surface area contributed by atoms with Crippen molar-refractivity contribution in [1.82, 2.24) is 0 Å². The summed E-state index contributed by atoms with van der Waals surface area (Å²) in [4.78, 5) is 24.2. The summed E-state index contributed by atoms with van der Waals surface area (Å²) >= 11 is 6.74. The molecule has 1 N–H and O–H groups in total. The number of carboxylic acid groups (broad SMARTS) is 1. The first-order valence-electron chi connectivity index (χ1n) is 12.1. The number of esters is 1. The summed E-state index contributed by atoms with van der Waals surface area (Å²) in [5, 5.41) is 8.91. The van der Waals surface area contributed by atoms with E-state index in [1.807, 2.05) is 31.2 Å². The Morgan fingerprint density at radius 1 is 0.872 bits per heavy atom. The monoisotopic (exact) mass is 682 g/mol. The van der Waals surface area contributed by atoms with E-state index in [1.165, 1.54) is 19.2 Å². The van der Waals surface area contributed by atoms with E-state index < -0.39 is 16.0 Å². The van der Waals surface area contributed by atoms with Gasteiger partial charge in [0.1, 0.15) is 0 Å². The lowest BCUT2D eigenvalue weighted by molar-refractivity contribution is -0.140. The van der Waals surface area contributed by atoms with Gasteiger partial charge in [0.05, 0.1) is 30.5 Å². The van der Waals surface area contributed by atoms with Gasteiger partial charge in [-0.3, -0.25) is 13.9 Å². The summed E-state index contributed by atoms with van der Waals surface area (Å²) in [5.41, 5.74) is 2.48. The zero-order valence-corrected chi connectivity index (χ0v) is 26.0. The van der Waals surface area contributed by atoms with Gasteiger partial charge in [0, 0.05) is 34.3 Å². The molecule has 0 aliphatic carbocycles. The van der Waals surface area contributed by atoms with Gasteiger partial charge in [-0.15, -0.1) is 0 Å². The van der Waals surface area contributed by atoms with Crippen LogP contribution >= 0.6 is 31.9 Å². The van der Waals surface area contributed by atoms with Crippen molar-refractivity contribution in [2.24, 2.45) is 0 Å². The minimum Gasteiger partial charge on any atom is -0.481 e. The van der Waals surface area contributed by atoms with Crippen LogP contribution in [0.3, 0.4) is 0 Å². The SMILES string of the molecule is CCN(CCC(=O)OC)c1cccc(Br)c1.Cc1ccc(S(=O)(=O)N(CCC(=O)O)c2cccc(Br)c2)cc1. The molecule has 0 bridgehead atoms. The van der Waals surface area contributed by atoms with E-state index in [-0.39, 0.29) is 23.8 Å². The number of anilines is 2. The number of nitrogens with zero attached hydrogens (tertiary/aromatic N) is 2. The molecule has 0 aliphatic heterocycles. The average molecular weight is 684 g/mol. The highest BCUT2D eigenvalue weighted by atomic mass is 79.9. The van der Waals surface area contributed by atoms with Crippen molar-refractivity contribution in [3.8, 4) is 0 Å². The van der Waals surface area contributed by atoms with Crippen LogP contribution in [-0.2, 0) is 24.3 Å². The lowest BCUT2D eigenvalue weighted by Gasteiger charge is -2.24. The van der Waals surface area contributed by atoms with Gasteiger partial charge in [0.15, 0.2) is 0 Å². The predicted octanol–water partition coefficient (Wildman–Crippen LogP) is 6.27. The van der Waals surface area contributed by atoms with Crippen LogP contribution in [0.25, 0.3) is 0 Å². The first-order chi connectivity index (χ1) is 18.5. The quantitative estimate of drug-likeness (QED) is 0.238. The summed E-state index contributed by atoms with van der Waals surface area (Å²) in [6.45, 7) is 5.35. The largest absolute Gasteiger partial charge is 0.481 e. The van der Waals surface area contributed by atoms with E-state index in [0.717, 1.165) is 31.0 Å². The smallest absolute Gasteiger partial charge is 0.307 e. The second kappa shape index (κ2) is 15.6. The Labute approximate surface area is 246 Å². The number of aryl methyl sites for hydroxylation is 1. The van der Waals surface area contributed by atoms with Gasteiger partial charge in [-0.2, -0.15) is 0 Å². The van der Waals surface area contributed by atoms with E-state index in [4.69, 9.17) is 5.11 Å². The molecule has 0 heterocycles. The number of hydrogen-bond acceptors (Lipinski definition) is 6. The topological polar surface area (TPSA) is 104 Å². The van der Waals surface area contributed by atoms with Gasteiger partial charge >= 0.3 is 11.9 Å². The van der Waals surface area contributed by atoms with Gasteiger partial charge in [-0.05, 0) is 62.4 Å². The van der Waals surface area contributed by atoms with Crippen LogP contribution in [0.15, 0.2) is 86.6 Å². The number of carboxylic acids is 1. The molecule has 0 fully saturated rings. The number of rotatable bonds is 11. The molecule has 0 aliphatic rings. The van der Waals surface area contributed by atoms with E-state index in [1.54, 1.807) is 36.4 Å². The normalized spacial score (nSPS) is 10.7. The Balaban J connectivity index is 0.000000293. The molecule has 0 saturated heterocycles. The molecule has 0 unspecified atom stereocenters. The summed E-state index contributed by atoms with van der Waals surface area (Å²) in [7, 11) is -2.42. The highest BCUT2D eigenvalue weighted by Gasteiger charge is 2.25. The first kappa shape index (κ1) is 32.3. The lowest BCUT2D eigenvalue weighted by atomic mass is 10.2. The van der Waals surface area contributed by atoms with E-state index in [2.05, 4.69) is 48.4 Å². The van der Waals surface area contributed by atoms with Crippen LogP contribution in [0.5, 0.6) is 0 Å². The zero-order valence-electron chi connectivity index (χ0n) is 22.0. The van der Waals surface area contributed by atoms with Crippen molar-refractivity contribution < 1.29 is 27.9 Å². The summed E-state index contributed by atoms with van der Waals surface area (Å²) in [5.74, 6) is -1.22.